The van der Waals surface area contributed by atoms with Crippen molar-refractivity contribution in [1.29, 1.82) is 0 Å². The van der Waals surface area contributed by atoms with Crippen LogP contribution in [0.1, 0.15) is 37.7 Å². The van der Waals surface area contributed by atoms with Crippen LogP contribution in [0.15, 0.2) is 24.4 Å². The second-order valence-electron chi connectivity index (χ2n) is 10.6. The number of aromatic nitrogens is 2. The Morgan fingerprint density at radius 3 is 2.53 bits per heavy atom. The monoisotopic (exact) mass is 436 g/mol. The van der Waals surface area contributed by atoms with Gasteiger partial charge in [0.1, 0.15) is 0 Å². The van der Waals surface area contributed by atoms with Gasteiger partial charge in [0.15, 0.2) is 11.6 Å². The molecular formula is C25H33FN6. The first-order chi connectivity index (χ1) is 15.5. The van der Waals surface area contributed by atoms with E-state index in [0.29, 0.717) is 17.7 Å². The number of benzene rings is 1. The predicted molar refractivity (Wildman–Crippen MR) is 126 cm³/mol. The molecule has 0 amide bonds. The second-order valence-corrected chi connectivity index (χ2v) is 10.6. The minimum Gasteiger partial charge on any atom is -0.369 e. The van der Waals surface area contributed by atoms with E-state index in [4.69, 9.17) is 0 Å². The number of aryl methyl sites for hydroxylation is 1. The lowest BCUT2D eigenvalue weighted by molar-refractivity contribution is 0.274. The molecule has 32 heavy (non-hydrogen) atoms. The van der Waals surface area contributed by atoms with E-state index in [1.165, 1.54) is 36.7 Å². The molecule has 4 saturated carbocycles. The van der Waals surface area contributed by atoms with Gasteiger partial charge in [-0.1, -0.05) is 0 Å². The van der Waals surface area contributed by atoms with Crippen molar-refractivity contribution in [1.82, 2.24) is 14.9 Å². The summed E-state index contributed by atoms with van der Waals surface area (Å²) in [4.78, 5) is 13.6. The Bertz CT molecular complexity index is 1000. The third kappa shape index (κ3) is 3.51. The predicted octanol–water partition coefficient (Wildman–Crippen LogP) is 4.41. The average molecular weight is 437 g/mol. The van der Waals surface area contributed by atoms with Crippen molar-refractivity contribution in [2.75, 3.05) is 48.8 Å². The Morgan fingerprint density at radius 1 is 1.06 bits per heavy atom. The maximum atomic E-state index is 14.7. The fraction of sp³-hybridized carbons (Fsp3) is 0.600. The van der Waals surface area contributed by atoms with Crippen molar-refractivity contribution in [3.05, 3.63) is 35.8 Å². The summed E-state index contributed by atoms with van der Waals surface area (Å²) < 4.78 is 14.7. The highest BCUT2D eigenvalue weighted by molar-refractivity contribution is 5.64. The highest BCUT2D eigenvalue weighted by Crippen LogP contribution is 2.61. The molecule has 2 unspecified atom stereocenters. The number of likely N-dealkylation sites (N-methyl/N-ethyl adjacent to an activating group) is 1. The summed E-state index contributed by atoms with van der Waals surface area (Å²) in [5, 5.41) is 6.86. The number of nitrogens with zero attached hydrogens (tertiary/aromatic N) is 4. The molecule has 1 aromatic carbocycles. The van der Waals surface area contributed by atoms with Gasteiger partial charge in [0.2, 0.25) is 5.95 Å². The number of nitrogens with one attached hydrogen (secondary N) is 2. The number of anilines is 4. The van der Waals surface area contributed by atoms with Crippen molar-refractivity contribution in [3.63, 3.8) is 0 Å². The average Bonchev–Trinajstić information content (AvgIpc) is 3.14. The molecule has 0 spiro atoms. The van der Waals surface area contributed by atoms with Crippen LogP contribution in [0.25, 0.3) is 0 Å². The van der Waals surface area contributed by atoms with Gasteiger partial charge in [0.25, 0.3) is 0 Å². The number of rotatable bonds is 5. The second kappa shape index (κ2) is 7.58. The van der Waals surface area contributed by atoms with Crippen LogP contribution in [-0.2, 0) is 0 Å². The summed E-state index contributed by atoms with van der Waals surface area (Å²) in [7, 11) is 2.17. The third-order valence-corrected chi connectivity index (χ3v) is 8.40. The lowest BCUT2D eigenvalue weighted by Gasteiger charge is -2.35. The molecule has 170 valence electrons. The lowest BCUT2D eigenvalue weighted by atomic mass is 9.80. The van der Waals surface area contributed by atoms with Gasteiger partial charge in [0.05, 0.1) is 6.20 Å². The molecule has 5 fully saturated rings. The Hall–Kier alpha value is -2.41. The molecule has 6 nitrogen and oxygen atoms in total. The highest BCUT2D eigenvalue weighted by Gasteiger charge is 2.58. The van der Waals surface area contributed by atoms with Gasteiger partial charge in [0, 0.05) is 43.1 Å². The Labute approximate surface area is 189 Å². The van der Waals surface area contributed by atoms with Crippen molar-refractivity contribution in [2.45, 2.75) is 44.6 Å². The van der Waals surface area contributed by atoms with E-state index in [2.05, 4.69) is 62.6 Å². The first-order valence-corrected chi connectivity index (χ1v) is 12.1. The van der Waals surface area contributed by atoms with Crippen LogP contribution in [0.4, 0.5) is 27.5 Å². The molecule has 4 aliphatic carbocycles. The summed E-state index contributed by atoms with van der Waals surface area (Å²) >= 11 is 0. The van der Waals surface area contributed by atoms with Crippen LogP contribution in [0, 0.1) is 30.5 Å². The van der Waals surface area contributed by atoms with Crippen molar-refractivity contribution < 1.29 is 4.39 Å². The fourth-order valence-corrected chi connectivity index (χ4v) is 7.02. The normalized spacial score (nSPS) is 31.3. The van der Waals surface area contributed by atoms with Gasteiger partial charge in [-0.3, -0.25) is 0 Å². The SMILES string of the molecule is Cc1cc(Nc2ncc(F)c(NC34CC5CC(CC3C5)C4)n2)ccc1N1CCN(C)CC1. The van der Waals surface area contributed by atoms with Gasteiger partial charge >= 0.3 is 0 Å². The number of hydrogen-bond donors (Lipinski definition) is 2. The molecule has 7 rings (SSSR count). The molecule has 5 aliphatic rings. The van der Waals surface area contributed by atoms with Crippen molar-refractivity contribution >= 4 is 23.1 Å². The molecule has 1 saturated heterocycles. The van der Waals surface area contributed by atoms with Crippen molar-refractivity contribution in [3.8, 4) is 0 Å². The highest BCUT2D eigenvalue weighted by atomic mass is 19.1. The Morgan fingerprint density at radius 2 is 1.81 bits per heavy atom. The summed E-state index contributed by atoms with van der Waals surface area (Å²) in [5.74, 6) is 2.71. The van der Waals surface area contributed by atoms with Gasteiger partial charge in [-0.15, -0.1) is 0 Å². The lowest BCUT2D eigenvalue weighted by Crippen LogP contribution is -2.44. The molecule has 4 bridgehead atoms. The Balaban J connectivity index is 1.18. The van der Waals surface area contributed by atoms with E-state index >= 15 is 0 Å². The third-order valence-electron chi connectivity index (χ3n) is 8.40. The molecule has 0 radical (unpaired) electrons. The maximum Gasteiger partial charge on any atom is 0.229 e. The van der Waals surface area contributed by atoms with Gasteiger partial charge in [-0.25, -0.2) is 9.37 Å². The minimum atomic E-state index is -0.363. The first kappa shape index (κ1) is 20.2. The molecule has 2 heterocycles. The zero-order valence-corrected chi connectivity index (χ0v) is 19.1. The summed E-state index contributed by atoms with van der Waals surface area (Å²) in [5.41, 5.74) is 3.47. The van der Waals surface area contributed by atoms with Crippen LogP contribution in [0.3, 0.4) is 0 Å². The summed E-state index contributed by atoms with van der Waals surface area (Å²) in [6.45, 7) is 6.41. The minimum absolute atomic E-state index is 0.0425. The fourth-order valence-electron chi connectivity index (χ4n) is 7.02. The number of piperazine rings is 1. The zero-order valence-electron chi connectivity index (χ0n) is 19.1. The van der Waals surface area contributed by atoms with E-state index in [1.54, 1.807) is 0 Å². The molecule has 2 N–H and O–H groups in total. The van der Waals surface area contributed by atoms with E-state index in [1.807, 2.05) is 0 Å². The zero-order chi connectivity index (χ0) is 21.9. The standard InChI is InChI=1S/C25H33FN6/c1-16-9-20(3-4-22(16)32-7-5-31(2)6-8-32)28-24-27-15-21(26)23(29-24)30-25-13-17-10-18(14-25)12-19(25)11-17/h3-4,9,15,17-19H,5-8,10-14H2,1-2H3,(H2,27,28,29,30). The van der Waals surface area contributed by atoms with Gasteiger partial charge < -0.3 is 20.4 Å². The molecular weight excluding hydrogens is 403 g/mol. The van der Waals surface area contributed by atoms with Crippen LogP contribution in [-0.4, -0.2) is 53.6 Å². The maximum absolute atomic E-state index is 14.7. The largest absolute Gasteiger partial charge is 0.369 e. The van der Waals surface area contributed by atoms with E-state index in [0.717, 1.165) is 56.5 Å². The van der Waals surface area contributed by atoms with Crippen molar-refractivity contribution in [2.24, 2.45) is 17.8 Å². The molecule has 1 aliphatic heterocycles. The van der Waals surface area contributed by atoms with Gasteiger partial charge in [-0.2, -0.15) is 4.98 Å². The topological polar surface area (TPSA) is 56.3 Å². The molecule has 2 aromatic rings. The van der Waals surface area contributed by atoms with E-state index in [9.17, 15) is 4.39 Å². The smallest absolute Gasteiger partial charge is 0.229 e. The van der Waals surface area contributed by atoms with E-state index in [-0.39, 0.29) is 11.4 Å². The quantitative estimate of drug-likeness (QED) is 0.724. The van der Waals surface area contributed by atoms with Gasteiger partial charge in [-0.05, 0) is 87.6 Å². The first-order valence-electron chi connectivity index (χ1n) is 12.1. The van der Waals surface area contributed by atoms with E-state index < -0.39 is 0 Å². The molecule has 7 heteroatoms. The van der Waals surface area contributed by atoms with Crippen LogP contribution < -0.4 is 15.5 Å². The van der Waals surface area contributed by atoms with Crippen LogP contribution in [0.5, 0.6) is 0 Å². The molecule has 1 aromatic heterocycles. The summed E-state index contributed by atoms with van der Waals surface area (Å²) in [6, 6.07) is 6.36. The van der Waals surface area contributed by atoms with Crippen LogP contribution >= 0.6 is 0 Å². The van der Waals surface area contributed by atoms with Crippen LogP contribution in [0.2, 0.25) is 0 Å². The molecule has 2 atom stereocenters. The Kier molecular flexibility index (Phi) is 4.79. The number of halogens is 1. The number of hydrogen-bond acceptors (Lipinski definition) is 6. The summed E-state index contributed by atoms with van der Waals surface area (Å²) in [6.07, 6.45) is 7.56.